The van der Waals surface area contributed by atoms with Gasteiger partial charge in [0.1, 0.15) is 0 Å². The average molecular weight is 411 g/mol. The van der Waals surface area contributed by atoms with Gasteiger partial charge in [0.2, 0.25) is 5.95 Å². The highest BCUT2D eigenvalue weighted by Gasteiger charge is 2.30. The molecule has 1 aliphatic heterocycles. The minimum atomic E-state index is 0.252. The lowest BCUT2D eigenvalue weighted by atomic mass is 9.99. The molecule has 2 aromatic heterocycles. The van der Waals surface area contributed by atoms with Crippen LogP contribution in [0.1, 0.15) is 35.8 Å². The Balaban J connectivity index is 1.73. The minimum absolute atomic E-state index is 0.252. The largest absolute Gasteiger partial charge is 0.347 e. The zero-order valence-electron chi connectivity index (χ0n) is 17.4. The van der Waals surface area contributed by atoms with Gasteiger partial charge in [-0.05, 0) is 44.0 Å². The van der Waals surface area contributed by atoms with Crippen molar-refractivity contribution in [3.05, 3.63) is 58.6 Å². The van der Waals surface area contributed by atoms with Gasteiger partial charge < -0.3 is 4.90 Å². The fourth-order valence-electron chi connectivity index (χ4n) is 4.05. The highest BCUT2D eigenvalue weighted by atomic mass is 35.5. The molecular formula is C22H27ClN6. The lowest BCUT2D eigenvalue weighted by Gasteiger charge is -2.26. The number of benzene rings is 1. The van der Waals surface area contributed by atoms with E-state index in [1.54, 1.807) is 0 Å². The molecule has 7 heteroatoms. The Morgan fingerprint density at radius 2 is 1.97 bits per heavy atom. The monoisotopic (exact) mass is 410 g/mol. The van der Waals surface area contributed by atoms with Gasteiger partial charge in [0.15, 0.2) is 0 Å². The molecule has 0 radical (unpaired) electrons. The van der Waals surface area contributed by atoms with Crippen molar-refractivity contribution in [3.63, 3.8) is 0 Å². The Hall–Kier alpha value is -2.44. The second-order valence-electron chi connectivity index (χ2n) is 7.91. The van der Waals surface area contributed by atoms with E-state index in [1.165, 1.54) is 5.56 Å². The fourth-order valence-corrected chi connectivity index (χ4v) is 4.18. The number of likely N-dealkylation sites (tertiary alicyclic amines) is 1. The van der Waals surface area contributed by atoms with E-state index in [0.717, 1.165) is 59.4 Å². The first-order valence-corrected chi connectivity index (χ1v) is 10.3. The summed E-state index contributed by atoms with van der Waals surface area (Å²) in [5, 5.41) is 5.24. The molecule has 0 amide bonds. The summed E-state index contributed by atoms with van der Waals surface area (Å²) in [4.78, 5) is 14.1. The molecule has 0 unspecified atom stereocenters. The van der Waals surface area contributed by atoms with Crippen molar-refractivity contribution in [1.82, 2.24) is 24.6 Å². The number of hydrogen-bond acceptors (Lipinski definition) is 5. The molecule has 0 N–H and O–H groups in total. The number of halogens is 1. The van der Waals surface area contributed by atoms with Crippen molar-refractivity contribution >= 4 is 17.5 Å². The molecule has 1 fully saturated rings. The molecule has 1 aromatic carbocycles. The molecule has 3 aromatic rings. The number of hydrogen-bond donors (Lipinski definition) is 0. The second kappa shape index (κ2) is 8.13. The van der Waals surface area contributed by atoms with E-state index in [-0.39, 0.29) is 6.04 Å². The molecule has 0 bridgehead atoms. The molecule has 1 saturated heterocycles. The summed E-state index contributed by atoms with van der Waals surface area (Å²) in [7, 11) is 5.93. The first kappa shape index (κ1) is 19.9. The first-order valence-electron chi connectivity index (χ1n) is 9.95. The molecule has 29 heavy (non-hydrogen) atoms. The predicted molar refractivity (Wildman–Crippen MR) is 117 cm³/mol. The number of anilines is 1. The van der Waals surface area contributed by atoms with Gasteiger partial charge in [0.05, 0.1) is 17.4 Å². The normalized spacial score (nSPS) is 17.1. The van der Waals surface area contributed by atoms with Crippen LogP contribution in [0.4, 0.5) is 5.95 Å². The van der Waals surface area contributed by atoms with Gasteiger partial charge in [-0.15, -0.1) is 0 Å². The van der Waals surface area contributed by atoms with Crippen molar-refractivity contribution < 1.29 is 0 Å². The summed E-state index contributed by atoms with van der Waals surface area (Å²) >= 11 is 6.11. The van der Waals surface area contributed by atoms with Crippen LogP contribution in [0.25, 0.3) is 11.1 Å². The molecule has 6 nitrogen and oxygen atoms in total. The van der Waals surface area contributed by atoms with Gasteiger partial charge in [-0.3, -0.25) is 9.58 Å². The number of aromatic nitrogens is 4. The Bertz CT molecular complexity index is 995. The van der Waals surface area contributed by atoms with E-state index in [0.29, 0.717) is 0 Å². The zero-order valence-corrected chi connectivity index (χ0v) is 18.2. The third-order valence-corrected chi connectivity index (χ3v) is 5.78. The summed E-state index contributed by atoms with van der Waals surface area (Å²) in [6.45, 7) is 4.01. The van der Waals surface area contributed by atoms with Gasteiger partial charge in [-0.1, -0.05) is 23.7 Å². The van der Waals surface area contributed by atoms with Crippen LogP contribution in [0.3, 0.4) is 0 Å². The Morgan fingerprint density at radius 1 is 1.21 bits per heavy atom. The minimum Gasteiger partial charge on any atom is -0.347 e. The van der Waals surface area contributed by atoms with Gasteiger partial charge in [-0.2, -0.15) is 5.10 Å². The quantitative estimate of drug-likeness (QED) is 0.629. The van der Waals surface area contributed by atoms with Crippen molar-refractivity contribution in [3.8, 4) is 11.1 Å². The average Bonchev–Trinajstić information content (AvgIpc) is 3.28. The molecular weight excluding hydrogens is 384 g/mol. The van der Waals surface area contributed by atoms with Crippen molar-refractivity contribution in [1.29, 1.82) is 0 Å². The Kier molecular flexibility index (Phi) is 5.56. The van der Waals surface area contributed by atoms with E-state index in [2.05, 4.69) is 28.1 Å². The number of aryl methyl sites for hydroxylation is 2. The van der Waals surface area contributed by atoms with Gasteiger partial charge in [0, 0.05) is 56.2 Å². The van der Waals surface area contributed by atoms with E-state index in [9.17, 15) is 0 Å². The van der Waals surface area contributed by atoms with Crippen molar-refractivity contribution in [2.75, 3.05) is 25.5 Å². The van der Waals surface area contributed by atoms with Crippen LogP contribution in [-0.4, -0.2) is 45.3 Å². The van der Waals surface area contributed by atoms with Gasteiger partial charge in [0.25, 0.3) is 0 Å². The molecule has 4 rings (SSSR count). The van der Waals surface area contributed by atoms with E-state index >= 15 is 0 Å². The Morgan fingerprint density at radius 3 is 2.62 bits per heavy atom. The van der Waals surface area contributed by atoms with Crippen LogP contribution in [0.2, 0.25) is 5.02 Å². The molecule has 1 atom stereocenters. The summed E-state index contributed by atoms with van der Waals surface area (Å²) < 4.78 is 1.89. The van der Waals surface area contributed by atoms with Crippen molar-refractivity contribution in [2.24, 2.45) is 7.05 Å². The molecule has 0 saturated carbocycles. The molecule has 0 spiro atoms. The van der Waals surface area contributed by atoms with E-state index in [1.807, 2.05) is 61.2 Å². The van der Waals surface area contributed by atoms with Crippen LogP contribution in [0.5, 0.6) is 0 Å². The van der Waals surface area contributed by atoms with Crippen LogP contribution < -0.4 is 4.90 Å². The highest BCUT2D eigenvalue weighted by molar-refractivity contribution is 6.30. The smallest absolute Gasteiger partial charge is 0.225 e. The standard InChI is InChI=1S/C22H27ClN6/c1-15-17(13-28(4)26-15)14-29-11-5-6-20(29)21-19(12-24-22(25-21)27(2)3)16-7-9-18(23)10-8-16/h7-10,12-13,20H,5-6,11,14H2,1-4H3/t20-/m1/s1. The fraction of sp³-hybridized carbons (Fsp3) is 0.409. The lowest BCUT2D eigenvalue weighted by Crippen LogP contribution is -2.25. The SMILES string of the molecule is Cc1nn(C)cc1CN1CCC[C@@H]1c1nc(N(C)C)ncc1-c1ccc(Cl)cc1. The maximum Gasteiger partial charge on any atom is 0.225 e. The summed E-state index contributed by atoms with van der Waals surface area (Å²) in [5.41, 5.74) is 5.62. The number of nitrogens with zero attached hydrogens (tertiary/aromatic N) is 6. The van der Waals surface area contributed by atoms with Crippen LogP contribution in [0.15, 0.2) is 36.7 Å². The summed E-state index contributed by atoms with van der Waals surface area (Å²) in [6, 6.07) is 8.19. The van der Waals surface area contributed by atoms with Crippen LogP contribution in [0, 0.1) is 6.92 Å². The number of rotatable bonds is 5. The second-order valence-corrected chi connectivity index (χ2v) is 8.35. The predicted octanol–water partition coefficient (Wildman–Crippen LogP) is 4.24. The van der Waals surface area contributed by atoms with Crippen LogP contribution in [-0.2, 0) is 13.6 Å². The summed E-state index contributed by atoms with van der Waals surface area (Å²) in [6.07, 6.45) is 6.32. The summed E-state index contributed by atoms with van der Waals surface area (Å²) in [5.74, 6) is 0.738. The molecule has 0 aliphatic carbocycles. The van der Waals surface area contributed by atoms with E-state index in [4.69, 9.17) is 16.6 Å². The highest BCUT2D eigenvalue weighted by Crippen LogP contribution is 2.38. The zero-order chi connectivity index (χ0) is 20.5. The maximum absolute atomic E-state index is 6.11. The Labute approximate surface area is 177 Å². The third-order valence-electron chi connectivity index (χ3n) is 5.53. The van der Waals surface area contributed by atoms with Gasteiger partial charge >= 0.3 is 0 Å². The molecule has 152 valence electrons. The van der Waals surface area contributed by atoms with Crippen molar-refractivity contribution in [2.45, 2.75) is 32.4 Å². The molecule has 1 aliphatic rings. The first-order chi connectivity index (χ1) is 13.9. The van der Waals surface area contributed by atoms with Crippen LogP contribution >= 0.6 is 11.6 Å². The maximum atomic E-state index is 6.11. The topological polar surface area (TPSA) is 50.1 Å². The third kappa shape index (κ3) is 4.14. The lowest BCUT2D eigenvalue weighted by molar-refractivity contribution is 0.244. The molecule has 3 heterocycles. The van der Waals surface area contributed by atoms with E-state index < -0.39 is 0 Å². The van der Waals surface area contributed by atoms with Gasteiger partial charge in [-0.25, -0.2) is 9.97 Å².